The number of nitrogens with zero attached hydrogens (tertiary/aromatic N) is 1. The monoisotopic (exact) mass is 438 g/mol. The van der Waals surface area contributed by atoms with Gasteiger partial charge in [0.05, 0.1) is 23.4 Å². The molecule has 0 aromatic heterocycles. The van der Waals surface area contributed by atoms with Crippen molar-refractivity contribution in [2.24, 2.45) is 0 Å². The Bertz CT molecular complexity index is 1060. The van der Waals surface area contributed by atoms with E-state index in [4.69, 9.17) is 4.74 Å². The molecule has 158 valence electrons. The van der Waals surface area contributed by atoms with Gasteiger partial charge in [0.25, 0.3) is 0 Å². The number of ether oxygens (including phenoxy) is 1. The predicted molar refractivity (Wildman–Crippen MR) is 113 cm³/mol. The Hall–Kier alpha value is -2.10. The SMILES string of the molecule is COc1ccc(CCNS(=O)(=O)c2ccc(N3CCCCS3(=O)=O)cc2C)cc1. The van der Waals surface area contributed by atoms with Gasteiger partial charge in [0.15, 0.2) is 0 Å². The number of nitrogens with one attached hydrogen (secondary N) is 1. The molecule has 9 heteroatoms. The Kier molecular flexibility index (Phi) is 6.50. The van der Waals surface area contributed by atoms with E-state index >= 15 is 0 Å². The molecule has 0 bridgehead atoms. The van der Waals surface area contributed by atoms with E-state index in [1.807, 2.05) is 24.3 Å². The molecular formula is C20H26N2O5S2. The van der Waals surface area contributed by atoms with Gasteiger partial charge >= 0.3 is 0 Å². The first-order valence-electron chi connectivity index (χ1n) is 9.46. The van der Waals surface area contributed by atoms with Gasteiger partial charge < -0.3 is 4.74 Å². The van der Waals surface area contributed by atoms with Gasteiger partial charge in [0, 0.05) is 13.1 Å². The smallest absolute Gasteiger partial charge is 0.240 e. The van der Waals surface area contributed by atoms with Crippen molar-refractivity contribution >= 4 is 25.7 Å². The minimum atomic E-state index is -3.69. The summed E-state index contributed by atoms with van der Waals surface area (Å²) in [6, 6.07) is 12.1. The van der Waals surface area contributed by atoms with Crippen LogP contribution in [-0.2, 0) is 26.5 Å². The molecule has 1 N–H and O–H groups in total. The van der Waals surface area contributed by atoms with Crippen LogP contribution in [0.1, 0.15) is 24.0 Å². The zero-order valence-corrected chi connectivity index (χ0v) is 18.2. The van der Waals surface area contributed by atoms with Crippen LogP contribution in [-0.4, -0.2) is 42.8 Å². The predicted octanol–water partition coefficient (Wildman–Crippen LogP) is 2.45. The van der Waals surface area contributed by atoms with Gasteiger partial charge in [-0.1, -0.05) is 12.1 Å². The molecule has 0 saturated carbocycles. The van der Waals surface area contributed by atoms with Crippen molar-refractivity contribution in [3.63, 3.8) is 0 Å². The maximum Gasteiger partial charge on any atom is 0.240 e. The zero-order valence-electron chi connectivity index (χ0n) is 16.6. The molecule has 0 radical (unpaired) electrons. The highest BCUT2D eigenvalue weighted by molar-refractivity contribution is 7.92. The standard InChI is InChI=1S/C20H26N2O5S2/c1-16-15-18(22-13-3-4-14-28(22,23)24)7-10-20(16)29(25,26)21-12-11-17-5-8-19(27-2)9-6-17/h5-10,15,21H,3-4,11-14H2,1-2H3. The molecule has 3 rings (SSSR count). The van der Waals surface area contributed by atoms with Crippen LogP contribution in [0.3, 0.4) is 0 Å². The molecule has 0 atom stereocenters. The van der Waals surface area contributed by atoms with E-state index in [0.29, 0.717) is 30.6 Å². The molecule has 1 heterocycles. The normalized spacial score (nSPS) is 16.6. The van der Waals surface area contributed by atoms with Crippen LogP contribution in [0.2, 0.25) is 0 Å². The molecule has 0 unspecified atom stereocenters. The van der Waals surface area contributed by atoms with Gasteiger partial charge in [0.2, 0.25) is 20.0 Å². The van der Waals surface area contributed by atoms with E-state index < -0.39 is 20.0 Å². The fourth-order valence-electron chi connectivity index (χ4n) is 3.37. The molecule has 0 aliphatic carbocycles. The van der Waals surface area contributed by atoms with Crippen molar-refractivity contribution < 1.29 is 21.6 Å². The van der Waals surface area contributed by atoms with Crippen LogP contribution in [0.4, 0.5) is 5.69 Å². The van der Waals surface area contributed by atoms with Gasteiger partial charge in [-0.05, 0) is 67.6 Å². The highest BCUT2D eigenvalue weighted by atomic mass is 32.2. The van der Waals surface area contributed by atoms with E-state index in [-0.39, 0.29) is 17.2 Å². The summed E-state index contributed by atoms with van der Waals surface area (Å²) in [5.41, 5.74) is 2.02. The van der Waals surface area contributed by atoms with Crippen molar-refractivity contribution in [2.75, 3.05) is 30.3 Å². The molecule has 1 fully saturated rings. The summed E-state index contributed by atoms with van der Waals surface area (Å²) >= 11 is 0. The second-order valence-corrected chi connectivity index (χ2v) is 10.8. The van der Waals surface area contributed by atoms with Crippen LogP contribution in [0.25, 0.3) is 0 Å². The average molecular weight is 439 g/mol. The van der Waals surface area contributed by atoms with Crippen LogP contribution in [0, 0.1) is 6.92 Å². The fraction of sp³-hybridized carbons (Fsp3) is 0.400. The molecule has 29 heavy (non-hydrogen) atoms. The van der Waals surface area contributed by atoms with E-state index in [1.165, 1.54) is 10.4 Å². The lowest BCUT2D eigenvalue weighted by molar-refractivity contribution is 0.414. The first-order valence-corrected chi connectivity index (χ1v) is 12.6. The Morgan fingerprint density at radius 2 is 1.83 bits per heavy atom. The zero-order chi connectivity index (χ0) is 21.1. The number of methoxy groups -OCH3 is 1. The maximum absolute atomic E-state index is 12.7. The number of rotatable bonds is 7. The van der Waals surface area contributed by atoms with E-state index in [1.54, 1.807) is 26.2 Å². The number of hydrogen-bond acceptors (Lipinski definition) is 5. The van der Waals surface area contributed by atoms with Crippen LogP contribution in [0.5, 0.6) is 5.75 Å². The summed E-state index contributed by atoms with van der Waals surface area (Å²) in [7, 11) is -5.43. The molecule has 1 aliphatic heterocycles. The Morgan fingerprint density at radius 1 is 1.10 bits per heavy atom. The second kappa shape index (κ2) is 8.73. The molecule has 1 saturated heterocycles. The highest BCUT2D eigenvalue weighted by Gasteiger charge is 2.27. The number of benzene rings is 2. The summed E-state index contributed by atoms with van der Waals surface area (Å²) in [5, 5.41) is 0. The number of anilines is 1. The summed E-state index contributed by atoms with van der Waals surface area (Å²) < 4.78 is 59.1. The lowest BCUT2D eigenvalue weighted by atomic mass is 10.1. The quantitative estimate of drug-likeness (QED) is 0.717. The number of aryl methyl sites for hydroxylation is 1. The third-order valence-electron chi connectivity index (χ3n) is 4.95. The molecule has 2 aromatic carbocycles. The third-order valence-corrected chi connectivity index (χ3v) is 8.44. The first-order chi connectivity index (χ1) is 13.7. The summed E-state index contributed by atoms with van der Waals surface area (Å²) in [6.07, 6.45) is 2.00. The second-order valence-electron chi connectivity index (χ2n) is 7.04. The summed E-state index contributed by atoms with van der Waals surface area (Å²) in [5.74, 6) is 0.875. The van der Waals surface area contributed by atoms with Gasteiger partial charge in [-0.25, -0.2) is 21.6 Å². The van der Waals surface area contributed by atoms with Gasteiger partial charge in [0.1, 0.15) is 5.75 Å². The molecule has 1 aliphatic rings. The van der Waals surface area contributed by atoms with Crippen molar-refractivity contribution in [3.8, 4) is 5.75 Å². The van der Waals surface area contributed by atoms with Crippen LogP contribution < -0.4 is 13.8 Å². The van der Waals surface area contributed by atoms with E-state index in [0.717, 1.165) is 17.7 Å². The van der Waals surface area contributed by atoms with Crippen molar-refractivity contribution in [1.29, 1.82) is 0 Å². The Balaban J connectivity index is 1.69. The molecular weight excluding hydrogens is 412 g/mol. The summed E-state index contributed by atoms with van der Waals surface area (Å²) in [4.78, 5) is 0.158. The number of sulfonamides is 2. The first kappa shape index (κ1) is 21.6. The molecule has 0 spiro atoms. The van der Waals surface area contributed by atoms with Crippen molar-refractivity contribution in [2.45, 2.75) is 31.1 Å². The van der Waals surface area contributed by atoms with Gasteiger partial charge in [-0.15, -0.1) is 0 Å². The molecule has 0 amide bonds. The minimum absolute atomic E-state index is 0.124. The molecule has 2 aromatic rings. The maximum atomic E-state index is 12.7. The van der Waals surface area contributed by atoms with Gasteiger partial charge in [-0.3, -0.25) is 4.31 Å². The summed E-state index contributed by atoms with van der Waals surface area (Å²) in [6.45, 7) is 2.36. The largest absolute Gasteiger partial charge is 0.497 e. The van der Waals surface area contributed by atoms with E-state index in [2.05, 4.69) is 4.72 Å². The Morgan fingerprint density at radius 3 is 2.45 bits per heavy atom. The van der Waals surface area contributed by atoms with Crippen LogP contribution >= 0.6 is 0 Å². The molecule has 7 nitrogen and oxygen atoms in total. The lowest BCUT2D eigenvalue weighted by Gasteiger charge is -2.28. The van der Waals surface area contributed by atoms with Crippen molar-refractivity contribution in [3.05, 3.63) is 53.6 Å². The van der Waals surface area contributed by atoms with E-state index in [9.17, 15) is 16.8 Å². The average Bonchev–Trinajstić information content (AvgIpc) is 2.67. The third kappa shape index (κ3) is 5.09. The topological polar surface area (TPSA) is 92.8 Å². The fourth-order valence-corrected chi connectivity index (χ4v) is 6.26. The minimum Gasteiger partial charge on any atom is -0.497 e. The van der Waals surface area contributed by atoms with Crippen molar-refractivity contribution in [1.82, 2.24) is 4.72 Å². The Labute approximate surface area is 172 Å². The highest BCUT2D eigenvalue weighted by Crippen LogP contribution is 2.27. The van der Waals surface area contributed by atoms with Gasteiger partial charge in [-0.2, -0.15) is 0 Å². The number of hydrogen-bond donors (Lipinski definition) is 1. The lowest BCUT2D eigenvalue weighted by Crippen LogP contribution is -2.38. The van der Waals surface area contributed by atoms with Crippen LogP contribution in [0.15, 0.2) is 47.4 Å².